The topological polar surface area (TPSA) is 49.7 Å². The summed E-state index contributed by atoms with van der Waals surface area (Å²) in [6, 6.07) is 0. The summed E-state index contributed by atoms with van der Waals surface area (Å²) in [5.74, 6) is 0.761. The molecule has 0 spiro atoms. The quantitative estimate of drug-likeness (QED) is 0.554. The highest BCUT2D eigenvalue weighted by Crippen LogP contribution is 2.29. The lowest BCUT2D eigenvalue weighted by Crippen LogP contribution is -2.28. The van der Waals surface area contributed by atoms with Crippen LogP contribution in [0.25, 0.3) is 0 Å². The molecule has 1 heterocycles. The van der Waals surface area contributed by atoms with Gasteiger partial charge < -0.3 is 14.9 Å². The summed E-state index contributed by atoms with van der Waals surface area (Å²) >= 11 is 4.10. The van der Waals surface area contributed by atoms with Crippen LogP contribution < -0.4 is 0 Å². The summed E-state index contributed by atoms with van der Waals surface area (Å²) in [5.41, 5.74) is 0. The van der Waals surface area contributed by atoms with Crippen LogP contribution >= 0.6 is 12.6 Å². The number of hydrogen-bond acceptors (Lipinski definition) is 4. The maximum atomic E-state index is 9.62. The third kappa shape index (κ3) is 1.93. The molecule has 1 rings (SSSR count). The molecule has 1 fully saturated rings. The molecule has 12 heavy (non-hydrogen) atoms. The largest absolute Gasteiger partial charge is 0.394 e. The molecule has 0 saturated carbocycles. The molecule has 0 aromatic carbocycles. The normalized spacial score (nSPS) is 42.0. The van der Waals surface area contributed by atoms with Gasteiger partial charge in [-0.25, -0.2) is 0 Å². The third-order valence-electron chi connectivity index (χ3n) is 2.43. The molecule has 72 valence electrons. The minimum atomic E-state index is -0.450. The van der Waals surface area contributed by atoms with Crippen LogP contribution in [-0.4, -0.2) is 40.9 Å². The monoisotopic (exact) mass is 192 g/mol. The lowest BCUT2D eigenvalue weighted by Gasteiger charge is -2.16. The summed E-state index contributed by atoms with van der Waals surface area (Å²) in [6.45, 7) is 1.81. The molecule has 1 saturated heterocycles. The van der Waals surface area contributed by atoms with Gasteiger partial charge in [-0.2, -0.15) is 12.6 Å². The molecule has 0 aliphatic carbocycles. The molecule has 0 radical (unpaired) electrons. The Balaban J connectivity index is 2.53. The van der Waals surface area contributed by atoms with E-state index in [-0.39, 0.29) is 24.7 Å². The molecule has 4 heteroatoms. The van der Waals surface area contributed by atoms with Crippen LogP contribution in [0.5, 0.6) is 0 Å². The molecule has 0 bridgehead atoms. The van der Waals surface area contributed by atoms with Gasteiger partial charge in [-0.3, -0.25) is 0 Å². The van der Waals surface area contributed by atoms with E-state index in [0.717, 1.165) is 6.42 Å². The van der Waals surface area contributed by atoms with Gasteiger partial charge in [-0.05, 0) is 19.1 Å². The van der Waals surface area contributed by atoms with E-state index < -0.39 is 6.10 Å². The van der Waals surface area contributed by atoms with Crippen molar-refractivity contribution >= 4 is 12.6 Å². The van der Waals surface area contributed by atoms with Crippen LogP contribution in [-0.2, 0) is 4.74 Å². The maximum Gasteiger partial charge on any atom is 0.0864 e. The van der Waals surface area contributed by atoms with Crippen LogP contribution in [0.2, 0.25) is 0 Å². The SMILES string of the molecule is C[C@@H]1O[C@H](CO)C(CCS)[C@@H]1O. The molecule has 0 aromatic heterocycles. The average Bonchev–Trinajstić information content (AvgIpc) is 2.33. The fourth-order valence-corrected chi connectivity index (χ4v) is 2.01. The molecule has 4 atom stereocenters. The zero-order chi connectivity index (χ0) is 9.14. The summed E-state index contributed by atoms with van der Waals surface area (Å²) in [5, 5.41) is 18.6. The van der Waals surface area contributed by atoms with E-state index in [0.29, 0.717) is 5.75 Å². The van der Waals surface area contributed by atoms with Gasteiger partial charge in [0.05, 0.1) is 24.9 Å². The van der Waals surface area contributed by atoms with Crippen LogP contribution in [0, 0.1) is 5.92 Å². The second kappa shape index (κ2) is 4.46. The maximum absolute atomic E-state index is 9.62. The highest BCUT2D eigenvalue weighted by Gasteiger charge is 2.39. The van der Waals surface area contributed by atoms with E-state index in [1.54, 1.807) is 0 Å². The van der Waals surface area contributed by atoms with Gasteiger partial charge in [-0.15, -0.1) is 0 Å². The van der Waals surface area contributed by atoms with Crippen molar-refractivity contribution in [2.45, 2.75) is 31.7 Å². The van der Waals surface area contributed by atoms with E-state index >= 15 is 0 Å². The van der Waals surface area contributed by atoms with Crippen molar-refractivity contribution in [2.24, 2.45) is 5.92 Å². The lowest BCUT2D eigenvalue weighted by molar-refractivity contribution is -0.00241. The van der Waals surface area contributed by atoms with Crippen molar-refractivity contribution in [3.8, 4) is 0 Å². The number of hydrogen-bond donors (Lipinski definition) is 3. The minimum absolute atomic E-state index is 0.0140. The second-order valence-corrected chi connectivity index (χ2v) is 3.68. The molecule has 3 nitrogen and oxygen atoms in total. The van der Waals surface area contributed by atoms with Crippen molar-refractivity contribution < 1.29 is 14.9 Å². The Morgan fingerprint density at radius 2 is 2.17 bits per heavy atom. The van der Waals surface area contributed by atoms with Crippen molar-refractivity contribution in [3.63, 3.8) is 0 Å². The Bertz CT molecular complexity index is 142. The summed E-state index contributed by atoms with van der Waals surface area (Å²) in [6.07, 6.45) is -0.0247. The molecular weight excluding hydrogens is 176 g/mol. The first kappa shape index (κ1) is 10.3. The van der Waals surface area contributed by atoms with Gasteiger partial charge in [0.15, 0.2) is 0 Å². The Labute approximate surface area is 78.1 Å². The van der Waals surface area contributed by atoms with Crippen LogP contribution in [0.15, 0.2) is 0 Å². The average molecular weight is 192 g/mol. The Hall–Kier alpha value is 0.230. The van der Waals surface area contributed by atoms with Gasteiger partial charge in [0.1, 0.15) is 0 Å². The number of thiol groups is 1. The van der Waals surface area contributed by atoms with Crippen molar-refractivity contribution in [1.29, 1.82) is 0 Å². The number of aliphatic hydroxyl groups is 2. The van der Waals surface area contributed by atoms with Gasteiger partial charge in [-0.1, -0.05) is 0 Å². The van der Waals surface area contributed by atoms with Gasteiger partial charge in [0.25, 0.3) is 0 Å². The van der Waals surface area contributed by atoms with Gasteiger partial charge in [0, 0.05) is 5.92 Å². The molecule has 0 aromatic rings. The van der Waals surface area contributed by atoms with E-state index in [1.807, 2.05) is 6.92 Å². The first-order valence-corrected chi connectivity index (χ1v) is 4.89. The second-order valence-electron chi connectivity index (χ2n) is 3.23. The number of rotatable bonds is 3. The zero-order valence-electron chi connectivity index (χ0n) is 7.18. The van der Waals surface area contributed by atoms with Gasteiger partial charge in [0.2, 0.25) is 0 Å². The molecule has 1 aliphatic rings. The van der Waals surface area contributed by atoms with Crippen LogP contribution in [0.4, 0.5) is 0 Å². The molecule has 2 N–H and O–H groups in total. The van der Waals surface area contributed by atoms with Crippen LogP contribution in [0.1, 0.15) is 13.3 Å². The summed E-state index contributed by atoms with van der Waals surface area (Å²) in [4.78, 5) is 0. The van der Waals surface area contributed by atoms with E-state index in [2.05, 4.69) is 12.6 Å². The summed E-state index contributed by atoms with van der Waals surface area (Å²) < 4.78 is 5.35. The molecule has 0 amide bonds. The minimum Gasteiger partial charge on any atom is -0.394 e. The smallest absolute Gasteiger partial charge is 0.0864 e. The number of aliphatic hydroxyl groups excluding tert-OH is 2. The fourth-order valence-electron chi connectivity index (χ4n) is 1.71. The molecular formula is C8H16O3S. The Morgan fingerprint density at radius 1 is 1.50 bits per heavy atom. The van der Waals surface area contributed by atoms with Crippen LogP contribution in [0.3, 0.4) is 0 Å². The lowest BCUT2D eigenvalue weighted by atomic mass is 9.94. The van der Waals surface area contributed by atoms with Gasteiger partial charge >= 0.3 is 0 Å². The Morgan fingerprint density at radius 3 is 2.67 bits per heavy atom. The van der Waals surface area contributed by atoms with E-state index in [4.69, 9.17) is 9.84 Å². The standard InChI is InChI=1S/C8H16O3S/c1-5-8(10)6(2-3-12)7(4-9)11-5/h5-10,12H,2-4H2,1H3/t5-,6?,7+,8+/m0/s1. The fraction of sp³-hybridized carbons (Fsp3) is 1.00. The van der Waals surface area contributed by atoms with Crippen molar-refractivity contribution in [1.82, 2.24) is 0 Å². The molecule has 1 unspecified atom stereocenters. The number of ether oxygens (including phenoxy) is 1. The van der Waals surface area contributed by atoms with Crippen molar-refractivity contribution in [3.05, 3.63) is 0 Å². The highest BCUT2D eigenvalue weighted by molar-refractivity contribution is 7.80. The molecule has 1 aliphatic heterocycles. The first-order valence-electron chi connectivity index (χ1n) is 4.26. The predicted molar refractivity (Wildman–Crippen MR) is 49.4 cm³/mol. The first-order chi connectivity index (χ1) is 5.70. The van der Waals surface area contributed by atoms with E-state index in [9.17, 15) is 5.11 Å². The third-order valence-corrected chi connectivity index (χ3v) is 2.69. The zero-order valence-corrected chi connectivity index (χ0v) is 8.08. The van der Waals surface area contributed by atoms with Crippen molar-refractivity contribution in [2.75, 3.05) is 12.4 Å². The highest BCUT2D eigenvalue weighted by atomic mass is 32.1. The van der Waals surface area contributed by atoms with E-state index in [1.165, 1.54) is 0 Å². The Kier molecular flexibility index (Phi) is 3.83. The predicted octanol–water partition coefficient (Wildman–Crippen LogP) is 0.0630. The summed E-state index contributed by atoms with van der Waals surface area (Å²) in [7, 11) is 0.